The summed E-state index contributed by atoms with van der Waals surface area (Å²) >= 11 is 6.21. The van der Waals surface area contributed by atoms with Gasteiger partial charge in [0.25, 0.3) is 0 Å². The lowest BCUT2D eigenvalue weighted by atomic mass is 9.92. The number of rotatable bonds is 5. The van der Waals surface area contributed by atoms with E-state index in [9.17, 15) is 4.79 Å². The monoisotopic (exact) mass is 284 g/mol. The molecule has 0 radical (unpaired) electrons. The Morgan fingerprint density at radius 3 is 2.17 bits per heavy atom. The maximum absolute atomic E-state index is 12.6. The number of carbonyl (C=O) groups is 1. The highest BCUT2D eigenvalue weighted by Gasteiger charge is 2.42. The highest BCUT2D eigenvalue weighted by molar-refractivity contribution is 6.70. The number of Topliss-reactive ketones (excluding diaryl/α,β-unsaturated/α-hetero) is 1. The largest absolute Gasteiger partial charge is 0.404 e. The summed E-state index contributed by atoms with van der Waals surface area (Å²) in [7, 11) is -1.86. The molecule has 0 saturated heterocycles. The third-order valence-electron chi connectivity index (χ3n) is 2.76. The minimum Gasteiger partial charge on any atom is -0.404 e. The van der Waals surface area contributed by atoms with Crippen LogP contribution in [0.15, 0.2) is 30.3 Å². The van der Waals surface area contributed by atoms with E-state index in [0.29, 0.717) is 5.56 Å². The van der Waals surface area contributed by atoms with Crippen molar-refractivity contribution in [3.05, 3.63) is 35.9 Å². The van der Waals surface area contributed by atoms with Gasteiger partial charge < -0.3 is 4.43 Å². The van der Waals surface area contributed by atoms with Crippen molar-refractivity contribution in [2.45, 2.75) is 44.5 Å². The predicted molar refractivity (Wildman–Crippen MR) is 78.9 cm³/mol. The molecule has 1 aromatic carbocycles. The average Bonchev–Trinajstić information content (AvgIpc) is 2.26. The lowest BCUT2D eigenvalue weighted by Crippen LogP contribution is -2.51. The summed E-state index contributed by atoms with van der Waals surface area (Å²) in [5.41, 5.74) is -0.321. The van der Waals surface area contributed by atoms with Gasteiger partial charge in [0, 0.05) is 5.56 Å². The summed E-state index contributed by atoms with van der Waals surface area (Å²) in [5, 5.41) is -0.378. The highest BCUT2D eigenvalue weighted by atomic mass is 35.5. The van der Waals surface area contributed by atoms with Crippen molar-refractivity contribution in [1.82, 2.24) is 0 Å². The van der Waals surface area contributed by atoms with E-state index in [1.165, 1.54) is 0 Å². The fourth-order valence-corrected chi connectivity index (χ4v) is 3.58. The molecule has 0 heterocycles. The van der Waals surface area contributed by atoms with Gasteiger partial charge in [-0.15, -0.1) is 11.6 Å². The first-order valence-electron chi connectivity index (χ1n) is 6.11. The number of hydrogen-bond acceptors (Lipinski definition) is 2. The standard InChI is InChI=1S/C14H21ClO2Si/c1-11(15)14(2,17-18(3,4)5)13(16)12-9-7-6-8-10-12/h6-11H,1-5H3/t11-,14+/m0/s1. The van der Waals surface area contributed by atoms with Gasteiger partial charge in [0.05, 0.1) is 5.38 Å². The maximum atomic E-state index is 12.6. The molecule has 0 aromatic heterocycles. The molecule has 0 amide bonds. The van der Waals surface area contributed by atoms with Crippen LogP contribution in [0.2, 0.25) is 19.6 Å². The Bertz CT molecular complexity index is 412. The molecule has 0 spiro atoms. The molecular formula is C14H21ClO2Si. The number of ketones is 1. The van der Waals surface area contributed by atoms with Gasteiger partial charge in [-0.3, -0.25) is 4.79 Å². The molecule has 18 heavy (non-hydrogen) atoms. The molecule has 2 atom stereocenters. The molecule has 1 aromatic rings. The van der Waals surface area contributed by atoms with E-state index in [0.717, 1.165) is 0 Å². The van der Waals surface area contributed by atoms with Crippen LogP contribution in [0.3, 0.4) is 0 Å². The molecule has 0 aliphatic carbocycles. The summed E-state index contributed by atoms with van der Waals surface area (Å²) in [6, 6.07) is 9.18. The van der Waals surface area contributed by atoms with Crippen LogP contribution >= 0.6 is 11.6 Å². The number of carbonyl (C=O) groups excluding carboxylic acids is 1. The van der Waals surface area contributed by atoms with Crippen molar-refractivity contribution < 1.29 is 9.22 Å². The van der Waals surface area contributed by atoms with Crippen LogP contribution in [0.1, 0.15) is 24.2 Å². The van der Waals surface area contributed by atoms with E-state index in [-0.39, 0.29) is 11.2 Å². The van der Waals surface area contributed by atoms with Gasteiger partial charge in [-0.05, 0) is 33.5 Å². The summed E-state index contributed by atoms with van der Waals surface area (Å²) < 4.78 is 6.06. The zero-order valence-electron chi connectivity index (χ0n) is 11.7. The van der Waals surface area contributed by atoms with Crippen LogP contribution in [-0.4, -0.2) is 25.1 Å². The smallest absolute Gasteiger partial charge is 0.194 e. The molecule has 0 aliphatic heterocycles. The van der Waals surface area contributed by atoms with Crippen LogP contribution in [0.5, 0.6) is 0 Å². The quantitative estimate of drug-likeness (QED) is 0.462. The van der Waals surface area contributed by atoms with Gasteiger partial charge in [0.1, 0.15) is 5.60 Å². The zero-order chi connectivity index (χ0) is 14.0. The van der Waals surface area contributed by atoms with E-state index in [4.69, 9.17) is 16.0 Å². The Hall–Kier alpha value is -0.643. The van der Waals surface area contributed by atoms with E-state index >= 15 is 0 Å². The van der Waals surface area contributed by atoms with E-state index in [1.807, 2.05) is 25.1 Å². The second-order valence-corrected chi connectivity index (χ2v) is 10.7. The summed E-state index contributed by atoms with van der Waals surface area (Å²) in [5.74, 6) is -0.0481. The number of hydrogen-bond donors (Lipinski definition) is 0. The molecule has 1 rings (SSSR count). The fraction of sp³-hybridized carbons (Fsp3) is 0.500. The van der Waals surface area contributed by atoms with Crippen LogP contribution in [0.4, 0.5) is 0 Å². The minimum absolute atomic E-state index is 0.0481. The van der Waals surface area contributed by atoms with Crippen LogP contribution in [0.25, 0.3) is 0 Å². The Morgan fingerprint density at radius 1 is 1.28 bits per heavy atom. The topological polar surface area (TPSA) is 26.3 Å². The van der Waals surface area contributed by atoms with Crippen LogP contribution in [-0.2, 0) is 4.43 Å². The number of alkyl halides is 1. The lowest BCUT2D eigenvalue weighted by molar-refractivity contribution is 0.0488. The normalized spacial score (nSPS) is 17.0. The van der Waals surface area contributed by atoms with Gasteiger partial charge in [0.15, 0.2) is 14.1 Å². The van der Waals surface area contributed by atoms with Gasteiger partial charge >= 0.3 is 0 Å². The molecule has 2 nitrogen and oxygen atoms in total. The molecule has 0 aliphatic rings. The summed E-state index contributed by atoms with van der Waals surface area (Å²) in [4.78, 5) is 12.6. The van der Waals surface area contributed by atoms with Gasteiger partial charge in [-0.2, -0.15) is 0 Å². The third-order valence-corrected chi connectivity index (χ3v) is 4.22. The molecule has 4 heteroatoms. The SMILES string of the molecule is C[C@H](Cl)[C@@](C)(O[Si](C)(C)C)C(=O)c1ccccc1. The van der Waals surface area contributed by atoms with Crippen molar-refractivity contribution in [3.8, 4) is 0 Å². The second-order valence-electron chi connectivity index (χ2n) is 5.63. The Balaban J connectivity index is 3.10. The van der Waals surface area contributed by atoms with E-state index in [1.54, 1.807) is 19.1 Å². The minimum atomic E-state index is -1.86. The molecule has 0 unspecified atom stereocenters. The molecule has 0 N–H and O–H groups in total. The first-order valence-corrected chi connectivity index (χ1v) is 9.95. The molecule has 100 valence electrons. The van der Waals surface area contributed by atoms with Crippen molar-refractivity contribution in [3.63, 3.8) is 0 Å². The van der Waals surface area contributed by atoms with Crippen LogP contribution < -0.4 is 0 Å². The fourth-order valence-electron chi connectivity index (χ4n) is 1.82. The number of benzene rings is 1. The number of halogens is 1. The summed E-state index contributed by atoms with van der Waals surface area (Å²) in [6.07, 6.45) is 0. The highest BCUT2D eigenvalue weighted by Crippen LogP contribution is 2.29. The molecular weight excluding hydrogens is 264 g/mol. The van der Waals surface area contributed by atoms with Crippen molar-refractivity contribution in [2.75, 3.05) is 0 Å². The van der Waals surface area contributed by atoms with Crippen molar-refractivity contribution in [2.24, 2.45) is 0 Å². The van der Waals surface area contributed by atoms with E-state index < -0.39 is 13.9 Å². The third kappa shape index (κ3) is 3.67. The predicted octanol–water partition coefficient (Wildman–Crippen LogP) is 4.11. The summed E-state index contributed by atoms with van der Waals surface area (Å²) in [6.45, 7) is 9.77. The van der Waals surface area contributed by atoms with E-state index in [2.05, 4.69) is 19.6 Å². The van der Waals surface area contributed by atoms with Gasteiger partial charge in [-0.1, -0.05) is 30.3 Å². The molecule has 0 fully saturated rings. The van der Waals surface area contributed by atoms with Crippen molar-refractivity contribution >= 4 is 25.7 Å². The lowest BCUT2D eigenvalue weighted by Gasteiger charge is -2.37. The Morgan fingerprint density at radius 2 is 1.78 bits per heavy atom. The molecule has 0 bridgehead atoms. The van der Waals surface area contributed by atoms with Crippen molar-refractivity contribution in [1.29, 1.82) is 0 Å². The van der Waals surface area contributed by atoms with Gasteiger partial charge in [-0.25, -0.2) is 0 Å². The Kier molecular flexibility index (Phi) is 4.76. The zero-order valence-corrected chi connectivity index (χ0v) is 13.4. The first-order chi connectivity index (χ1) is 8.17. The van der Waals surface area contributed by atoms with Gasteiger partial charge in [0.2, 0.25) is 0 Å². The maximum Gasteiger partial charge on any atom is 0.194 e. The Labute approximate surface area is 115 Å². The van der Waals surface area contributed by atoms with Crippen LogP contribution in [0, 0.1) is 0 Å². The average molecular weight is 285 g/mol. The second kappa shape index (κ2) is 5.55. The first kappa shape index (κ1) is 15.4. The molecule has 0 saturated carbocycles.